The Hall–Kier alpha value is -1.83. The third-order valence-corrected chi connectivity index (χ3v) is 3.98. The monoisotopic (exact) mass is 307 g/mol. The molecule has 2 rings (SSSR count). The van der Waals surface area contributed by atoms with Crippen molar-refractivity contribution in [2.75, 3.05) is 30.4 Å². The standard InChI is InChI=1S/C13H21N7S/c1-6-20(7-2)12-15-11(14-4)16-13(17-12)21-10-8-9(3)18-19(10)5/h8H,6-7H2,1-5H3,(H,14,15,16,17). The first-order chi connectivity index (χ1) is 10.1. The molecule has 0 unspecified atom stereocenters. The van der Waals surface area contributed by atoms with Gasteiger partial charge in [-0.2, -0.15) is 20.1 Å². The molecule has 0 atom stereocenters. The molecule has 0 amide bonds. The lowest BCUT2D eigenvalue weighted by atomic mass is 10.5. The summed E-state index contributed by atoms with van der Waals surface area (Å²) in [5.74, 6) is 1.27. The number of aryl methyl sites for hydroxylation is 2. The summed E-state index contributed by atoms with van der Waals surface area (Å²) in [6, 6.07) is 2.02. The first-order valence-electron chi connectivity index (χ1n) is 6.94. The molecular formula is C13H21N7S. The van der Waals surface area contributed by atoms with E-state index in [4.69, 9.17) is 0 Å². The molecule has 0 saturated heterocycles. The number of aromatic nitrogens is 5. The molecule has 114 valence electrons. The number of hydrogen-bond acceptors (Lipinski definition) is 7. The highest BCUT2D eigenvalue weighted by molar-refractivity contribution is 7.99. The molecule has 7 nitrogen and oxygen atoms in total. The maximum Gasteiger partial charge on any atom is 0.231 e. The maximum atomic E-state index is 4.55. The molecule has 0 bridgehead atoms. The average molecular weight is 307 g/mol. The Kier molecular flexibility index (Phi) is 5.00. The second kappa shape index (κ2) is 6.75. The molecule has 2 aromatic heterocycles. The van der Waals surface area contributed by atoms with Crippen LogP contribution in [0, 0.1) is 6.92 Å². The van der Waals surface area contributed by atoms with Gasteiger partial charge in [-0.05, 0) is 38.6 Å². The van der Waals surface area contributed by atoms with Crippen molar-refractivity contribution in [2.45, 2.75) is 31.0 Å². The van der Waals surface area contributed by atoms with Gasteiger partial charge in [0.05, 0.1) is 5.69 Å². The van der Waals surface area contributed by atoms with E-state index in [2.05, 4.69) is 44.1 Å². The largest absolute Gasteiger partial charge is 0.357 e. The molecule has 0 saturated carbocycles. The summed E-state index contributed by atoms with van der Waals surface area (Å²) in [4.78, 5) is 15.5. The Labute approximate surface area is 129 Å². The van der Waals surface area contributed by atoms with Crippen LogP contribution in [0.3, 0.4) is 0 Å². The van der Waals surface area contributed by atoms with Crippen LogP contribution < -0.4 is 10.2 Å². The molecule has 0 radical (unpaired) electrons. The van der Waals surface area contributed by atoms with Crippen molar-refractivity contribution in [2.24, 2.45) is 7.05 Å². The number of hydrogen-bond donors (Lipinski definition) is 1. The molecule has 0 spiro atoms. The highest BCUT2D eigenvalue weighted by atomic mass is 32.2. The second-order valence-electron chi connectivity index (χ2n) is 4.51. The highest BCUT2D eigenvalue weighted by Crippen LogP contribution is 2.26. The van der Waals surface area contributed by atoms with Gasteiger partial charge in [-0.25, -0.2) is 0 Å². The minimum atomic E-state index is 0.577. The molecule has 21 heavy (non-hydrogen) atoms. The molecule has 0 aliphatic heterocycles. The van der Waals surface area contributed by atoms with Crippen LogP contribution in [0.15, 0.2) is 16.2 Å². The Morgan fingerprint density at radius 2 is 1.95 bits per heavy atom. The Balaban J connectivity index is 2.34. The van der Waals surface area contributed by atoms with E-state index in [1.54, 1.807) is 0 Å². The van der Waals surface area contributed by atoms with Gasteiger partial charge in [-0.1, -0.05) is 0 Å². The first kappa shape index (κ1) is 15.6. The summed E-state index contributed by atoms with van der Waals surface area (Å²) in [6.45, 7) is 7.86. The molecule has 2 heterocycles. The van der Waals surface area contributed by atoms with Gasteiger partial charge in [-0.15, -0.1) is 0 Å². The van der Waals surface area contributed by atoms with Crippen LogP contribution in [0.2, 0.25) is 0 Å². The van der Waals surface area contributed by atoms with E-state index in [1.165, 1.54) is 11.8 Å². The van der Waals surface area contributed by atoms with E-state index in [0.29, 0.717) is 17.1 Å². The Bertz CT molecular complexity index is 607. The van der Waals surface area contributed by atoms with Gasteiger partial charge in [0.15, 0.2) is 0 Å². The summed E-state index contributed by atoms with van der Waals surface area (Å²) in [5, 5.41) is 9.00. The minimum absolute atomic E-state index is 0.577. The topological polar surface area (TPSA) is 71.8 Å². The van der Waals surface area contributed by atoms with Gasteiger partial charge in [0.1, 0.15) is 5.03 Å². The minimum Gasteiger partial charge on any atom is -0.357 e. The highest BCUT2D eigenvalue weighted by Gasteiger charge is 2.13. The number of anilines is 2. The zero-order chi connectivity index (χ0) is 15.4. The normalized spacial score (nSPS) is 10.7. The molecule has 2 aromatic rings. The molecule has 0 aromatic carbocycles. The van der Waals surface area contributed by atoms with Gasteiger partial charge in [0.2, 0.25) is 17.1 Å². The van der Waals surface area contributed by atoms with Crippen molar-refractivity contribution in [3.8, 4) is 0 Å². The predicted octanol–water partition coefficient (Wildman–Crippen LogP) is 1.95. The number of nitrogens with zero attached hydrogens (tertiary/aromatic N) is 6. The van der Waals surface area contributed by atoms with E-state index < -0.39 is 0 Å². The lowest BCUT2D eigenvalue weighted by Gasteiger charge is -2.19. The fourth-order valence-electron chi connectivity index (χ4n) is 1.93. The summed E-state index contributed by atoms with van der Waals surface area (Å²) in [5.41, 5.74) is 0.979. The van der Waals surface area contributed by atoms with Gasteiger partial charge in [0.25, 0.3) is 0 Å². The van der Waals surface area contributed by atoms with Crippen molar-refractivity contribution >= 4 is 23.7 Å². The number of nitrogens with one attached hydrogen (secondary N) is 1. The average Bonchev–Trinajstić information content (AvgIpc) is 2.78. The Morgan fingerprint density at radius 3 is 2.48 bits per heavy atom. The third kappa shape index (κ3) is 3.63. The van der Waals surface area contributed by atoms with Crippen LogP contribution in [0.5, 0.6) is 0 Å². The van der Waals surface area contributed by atoms with E-state index in [-0.39, 0.29) is 0 Å². The summed E-state index contributed by atoms with van der Waals surface area (Å²) >= 11 is 1.49. The summed E-state index contributed by atoms with van der Waals surface area (Å²) in [6.07, 6.45) is 0. The zero-order valence-corrected chi connectivity index (χ0v) is 13.9. The van der Waals surface area contributed by atoms with Gasteiger partial charge in [0, 0.05) is 27.2 Å². The molecule has 0 aliphatic rings. The summed E-state index contributed by atoms with van der Waals surface area (Å²) in [7, 11) is 3.73. The second-order valence-corrected chi connectivity index (χ2v) is 5.50. The fourth-order valence-corrected chi connectivity index (χ4v) is 2.78. The molecule has 0 aliphatic carbocycles. The van der Waals surface area contributed by atoms with Crippen LogP contribution >= 0.6 is 11.8 Å². The van der Waals surface area contributed by atoms with Crippen molar-refractivity contribution < 1.29 is 0 Å². The number of rotatable bonds is 6. The molecule has 8 heteroatoms. The van der Waals surface area contributed by atoms with Crippen LogP contribution in [0.25, 0.3) is 0 Å². The SMILES string of the molecule is CCN(CC)c1nc(NC)nc(Sc2cc(C)nn2C)n1. The van der Waals surface area contributed by atoms with Gasteiger partial charge >= 0.3 is 0 Å². The van der Waals surface area contributed by atoms with Crippen LogP contribution in [0.4, 0.5) is 11.9 Å². The zero-order valence-electron chi connectivity index (χ0n) is 13.1. The lowest BCUT2D eigenvalue weighted by molar-refractivity contribution is 0.690. The molecule has 0 fully saturated rings. The van der Waals surface area contributed by atoms with Crippen molar-refractivity contribution in [3.05, 3.63) is 11.8 Å². The van der Waals surface area contributed by atoms with Crippen molar-refractivity contribution in [1.29, 1.82) is 0 Å². The quantitative estimate of drug-likeness (QED) is 0.874. The Morgan fingerprint density at radius 1 is 1.24 bits per heavy atom. The molecule has 1 N–H and O–H groups in total. The lowest BCUT2D eigenvalue weighted by Crippen LogP contribution is -2.25. The summed E-state index contributed by atoms with van der Waals surface area (Å²) < 4.78 is 1.83. The molecular weight excluding hydrogens is 286 g/mol. The van der Waals surface area contributed by atoms with Crippen molar-refractivity contribution in [3.63, 3.8) is 0 Å². The van der Waals surface area contributed by atoms with Gasteiger partial charge < -0.3 is 10.2 Å². The third-order valence-electron chi connectivity index (χ3n) is 3.03. The van der Waals surface area contributed by atoms with E-state index in [0.717, 1.165) is 23.8 Å². The van der Waals surface area contributed by atoms with Crippen LogP contribution in [-0.2, 0) is 7.05 Å². The van der Waals surface area contributed by atoms with E-state index in [1.807, 2.05) is 31.8 Å². The fraction of sp³-hybridized carbons (Fsp3) is 0.538. The maximum absolute atomic E-state index is 4.55. The van der Waals surface area contributed by atoms with Crippen LogP contribution in [-0.4, -0.2) is 44.9 Å². The van der Waals surface area contributed by atoms with Crippen LogP contribution in [0.1, 0.15) is 19.5 Å². The smallest absolute Gasteiger partial charge is 0.231 e. The predicted molar refractivity (Wildman–Crippen MR) is 85.0 cm³/mol. The first-order valence-corrected chi connectivity index (χ1v) is 7.76. The van der Waals surface area contributed by atoms with E-state index >= 15 is 0 Å². The van der Waals surface area contributed by atoms with Gasteiger partial charge in [-0.3, -0.25) is 4.68 Å². The van der Waals surface area contributed by atoms with Crippen molar-refractivity contribution in [1.82, 2.24) is 24.7 Å². The van der Waals surface area contributed by atoms with E-state index in [9.17, 15) is 0 Å².